The van der Waals surface area contributed by atoms with Gasteiger partial charge in [-0.3, -0.25) is 9.78 Å². The van der Waals surface area contributed by atoms with Gasteiger partial charge >= 0.3 is 0 Å². The van der Waals surface area contributed by atoms with Gasteiger partial charge in [-0.2, -0.15) is 0 Å². The number of benzene rings is 2. The van der Waals surface area contributed by atoms with E-state index in [4.69, 9.17) is 16.6 Å². The molecule has 0 bridgehead atoms. The minimum absolute atomic E-state index is 0.0133. The smallest absolute Gasteiger partial charge is 0.258 e. The van der Waals surface area contributed by atoms with Gasteiger partial charge in [0.15, 0.2) is 0 Å². The lowest BCUT2D eigenvalue weighted by Gasteiger charge is -2.22. The Morgan fingerprint density at radius 3 is 2.74 bits per heavy atom. The first-order valence-corrected chi connectivity index (χ1v) is 9.96. The fourth-order valence-electron chi connectivity index (χ4n) is 3.90. The number of amides is 1. The molecule has 0 atom stereocenters. The first-order valence-electron chi connectivity index (χ1n) is 9.58. The quantitative estimate of drug-likeness (QED) is 0.582. The monoisotopic (exact) mass is 378 g/mol. The van der Waals surface area contributed by atoms with Gasteiger partial charge < -0.3 is 4.90 Å². The molecule has 1 aliphatic carbocycles. The Morgan fingerprint density at radius 2 is 1.96 bits per heavy atom. The van der Waals surface area contributed by atoms with Crippen LogP contribution in [0, 0.1) is 6.92 Å². The van der Waals surface area contributed by atoms with Gasteiger partial charge in [-0.05, 0) is 74.9 Å². The van der Waals surface area contributed by atoms with Gasteiger partial charge in [0.1, 0.15) is 0 Å². The number of anilines is 1. The van der Waals surface area contributed by atoms with E-state index in [-0.39, 0.29) is 5.91 Å². The van der Waals surface area contributed by atoms with Crippen LogP contribution in [-0.4, -0.2) is 17.4 Å². The molecule has 0 radical (unpaired) electrons. The van der Waals surface area contributed by atoms with Crippen LogP contribution in [-0.2, 0) is 12.8 Å². The van der Waals surface area contributed by atoms with Crippen molar-refractivity contribution in [3.05, 3.63) is 69.9 Å². The Kier molecular flexibility index (Phi) is 4.88. The molecule has 0 saturated carbocycles. The second-order valence-electron chi connectivity index (χ2n) is 7.18. The highest BCUT2D eigenvalue weighted by atomic mass is 35.5. The molecule has 138 valence electrons. The summed E-state index contributed by atoms with van der Waals surface area (Å²) in [4.78, 5) is 19.8. The average molecular weight is 379 g/mol. The second kappa shape index (κ2) is 7.32. The zero-order valence-corrected chi connectivity index (χ0v) is 16.5. The molecule has 0 spiro atoms. The van der Waals surface area contributed by atoms with E-state index < -0.39 is 0 Å². The number of halogens is 1. The molecule has 4 rings (SSSR count). The molecule has 1 aromatic heterocycles. The van der Waals surface area contributed by atoms with E-state index in [1.54, 1.807) is 4.90 Å². The second-order valence-corrected chi connectivity index (χ2v) is 7.56. The van der Waals surface area contributed by atoms with E-state index in [1.807, 2.05) is 56.3 Å². The first kappa shape index (κ1) is 18.0. The van der Waals surface area contributed by atoms with Gasteiger partial charge in [0.05, 0.1) is 10.5 Å². The van der Waals surface area contributed by atoms with Crippen molar-refractivity contribution in [2.45, 2.75) is 39.5 Å². The maximum Gasteiger partial charge on any atom is 0.258 e. The normalized spacial score (nSPS) is 13.4. The number of carbonyl (C=O) groups excluding carboxylic acids is 1. The molecule has 0 aliphatic heterocycles. The molecule has 0 fully saturated rings. The lowest BCUT2D eigenvalue weighted by atomic mass is 9.94. The highest BCUT2D eigenvalue weighted by Gasteiger charge is 2.20. The van der Waals surface area contributed by atoms with Gasteiger partial charge in [0.25, 0.3) is 5.91 Å². The Bertz CT molecular complexity index is 1030. The Labute approximate surface area is 165 Å². The highest BCUT2D eigenvalue weighted by Crippen LogP contribution is 2.33. The summed E-state index contributed by atoms with van der Waals surface area (Å²) in [7, 11) is 0. The van der Waals surface area contributed by atoms with Gasteiger partial charge in [-0.25, -0.2) is 0 Å². The fraction of sp³-hybridized carbons (Fsp3) is 0.304. The van der Waals surface area contributed by atoms with Crippen LogP contribution in [0.15, 0.2) is 42.5 Å². The number of rotatable bonds is 3. The van der Waals surface area contributed by atoms with Crippen molar-refractivity contribution in [1.29, 1.82) is 0 Å². The summed E-state index contributed by atoms with van der Waals surface area (Å²) in [6.45, 7) is 4.64. The van der Waals surface area contributed by atoms with Crippen molar-refractivity contribution in [1.82, 2.24) is 4.98 Å². The maximum absolute atomic E-state index is 13.2. The van der Waals surface area contributed by atoms with Gasteiger partial charge in [0.2, 0.25) is 0 Å². The summed E-state index contributed by atoms with van der Waals surface area (Å²) in [5.74, 6) is -0.0133. The van der Waals surface area contributed by atoms with Crippen molar-refractivity contribution in [2.75, 3.05) is 11.4 Å². The van der Waals surface area contributed by atoms with Crippen LogP contribution >= 0.6 is 11.6 Å². The molecule has 0 saturated heterocycles. The molecule has 0 unspecified atom stereocenters. The fourth-order valence-corrected chi connectivity index (χ4v) is 4.26. The van der Waals surface area contributed by atoms with Crippen LogP contribution in [0.25, 0.3) is 10.9 Å². The van der Waals surface area contributed by atoms with Crippen LogP contribution in [0.2, 0.25) is 5.02 Å². The topological polar surface area (TPSA) is 33.2 Å². The zero-order chi connectivity index (χ0) is 19.0. The molecule has 1 amide bonds. The third kappa shape index (κ3) is 3.32. The summed E-state index contributed by atoms with van der Waals surface area (Å²) < 4.78 is 0. The number of nitrogens with zero attached hydrogens (tertiary/aromatic N) is 2. The number of aromatic nitrogens is 1. The van der Waals surface area contributed by atoms with E-state index in [1.165, 1.54) is 12.0 Å². The third-order valence-corrected chi connectivity index (χ3v) is 5.75. The van der Waals surface area contributed by atoms with Gasteiger partial charge in [-0.15, -0.1) is 0 Å². The summed E-state index contributed by atoms with van der Waals surface area (Å²) in [6.07, 6.45) is 4.28. The van der Waals surface area contributed by atoms with Crippen molar-refractivity contribution in [2.24, 2.45) is 0 Å². The van der Waals surface area contributed by atoms with Crippen molar-refractivity contribution in [3.8, 4) is 0 Å². The highest BCUT2D eigenvalue weighted by molar-refractivity contribution is 6.36. The zero-order valence-electron chi connectivity index (χ0n) is 15.8. The van der Waals surface area contributed by atoms with Crippen molar-refractivity contribution >= 4 is 34.1 Å². The number of fused-ring (bicyclic) bond motifs is 2. The van der Waals surface area contributed by atoms with E-state index >= 15 is 0 Å². The van der Waals surface area contributed by atoms with Gasteiger partial charge in [0, 0.05) is 28.9 Å². The summed E-state index contributed by atoms with van der Waals surface area (Å²) in [5.41, 5.74) is 5.78. The number of aryl methyl sites for hydroxylation is 2. The van der Waals surface area contributed by atoms with E-state index in [2.05, 4.69) is 0 Å². The molecule has 4 heteroatoms. The van der Waals surface area contributed by atoms with Crippen LogP contribution in [0.5, 0.6) is 0 Å². The molecule has 1 heterocycles. The Morgan fingerprint density at radius 1 is 1.15 bits per heavy atom. The lowest BCUT2D eigenvalue weighted by Crippen LogP contribution is -2.30. The minimum Gasteiger partial charge on any atom is -0.309 e. The maximum atomic E-state index is 13.2. The molecular formula is C23H23ClN2O. The molecule has 3 nitrogen and oxygen atoms in total. The van der Waals surface area contributed by atoms with Crippen molar-refractivity contribution in [3.63, 3.8) is 0 Å². The van der Waals surface area contributed by atoms with Crippen LogP contribution < -0.4 is 4.90 Å². The van der Waals surface area contributed by atoms with Crippen LogP contribution in [0.4, 0.5) is 5.69 Å². The number of hydrogen-bond acceptors (Lipinski definition) is 2. The largest absolute Gasteiger partial charge is 0.309 e. The number of pyridine rings is 1. The third-order valence-electron chi connectivity index (χ3n) is 5.31. The molecule has 2 aromatic carbocycles. The Hall–Kier alpha value is -2.39. The number of carbonyl (C=O) groups is 1. The van der Waals surface area contributed by atoms with Crippen LogP contribution in [0.1, 0.15) is 46.9 Å². The number of hydrogen-bond donors (Lipinski definition) is 0. The molecular weight excluding hydrogens is 356 g/mol. The lowest BCUT2D eigenvalue weighted by molar-refractivity contribution is 0.0988. The average Bonchev–Trinajstić information content (AvgIpc) is 2.68. The van der Waals surface area contributed by atoms with E-state index in [0.29, 0.717) is 12.1 Å². The SMILES string of the molecule is CCN(C(=O)c1ccc2c(Cl)c3c(nc2c1)CCCC3)c1cccc(C)c1. The van der Waals surface area contributed by atoms with Crippen molar-refractivity contribution < 1.29 is 4.79 Å². The molecule has 3 aromatic rings. The first-order chi connectivity index (χ1) is 13.1. The molecule has 0 N–H and O–H groups in total. The predicted molar refractivity (Wildman–Crippen MR) is 112 cm³/mol. The van der Waals surface area contributed by atoms with E-state index in [0.717, 1.165) is 52.1 Å². The van der Waals surface area contributed by atoms with Crippen LogP contribution in [0.3, 0.4) is 0 Å². The minimum atomic E-state index is -0.0133. The summed E-state index contributed by atoms with van der Waals surface area (Å²) >= 11 is 6.66. The standard InChI is InChI=1S/C23H23ClN2O/c1-3-26(17-8-6-7-15(2)13-17)23(27)16-11-12-19-21(14-16)25-20-10-5-4-9-18(20)22(19)24/h6-8,11-14H,3-5,9-10H2,1-2H3. The summed E-state index contributed by atoms with van der Waals surface area (Å²) in [6, 6.07) is 13.7. The summed E-state index contributed by atoms with van der Waals surface area (Å²) in [5, 5.41) is 1.74. The predicted octanol–water partition coefficient (Wildman–Crippen LogP) is 5.74. The Balaban J connectivity index is 1.75. The molecule has 27 heavy (non-hydrogen) atoms. The van der Waals surface area contributed by atoms with E-state index in [9.17, 15) is 4.79 Å². The van der Waals surface area contributed by atoms with Gasteiger partial charge in [-0.1, -0.05) is 29.8 Å². The molecule has 1 aliphatic rings.